The molecule has 3 nitrogen and oxygen atoms in total. The topological polar surface area (TPSA) is 38.7 Å². The molecule has 1 aromatic rings. The van der Waals surface area contributed by atoms with Crippen LogP contribution in [0.3, 0.4) is 0 Å². The third-order valence-corrected chi connectivity index (χ3v) is 2.24. The number of methoxy groups -OCH3 is 1. The summed E-state index contributed by atoms with van der Waals surface area (Å²) >= 11 is 0. The normalized spacial score (nSPS) is 9.35. The van der Waals surface area contributed by atoms with Gasteiger partial charge in [0, 0.05) is 0 Å². The molecule has 92 valence electrons. The van der Waals surface area contributed by atoms with Crippen LogP contribution >= 0.6 is 0 Å². The molecule has 0 fully saturated rings. The molecule has 1 aromatic carbocycles. The third-order valence-electron chi connectivity index (χ3n) is 2.24. The molecule has 0 atom stereocenters. The van der Waals surface area contributed by atoms with E-state index in [1.54, 1.807) is 7.11 Å². The predicted octanol–water partition coefficient (Wildman–Crippen LogP) is 2.22. The van der Waals surface area contributed by atoms with Crippen molar-refractivity contribution in [1.29, 1.82) is 0 Å². The molecule has 0 aliphatic rings. The maximum atomic E-state index is 8.71. The molecule has 0 saturated carbocycles. The second-order valence-electron chi connectivity index (χ2n) is 3.52. The van der Waals surface area contributed by atoms with E-state index in [1.807, 2.05) is 18.2 Å². The van der Waals surface area contributed by atoms with Crippen molar-refractivity contribution < 1.29 is 14.6 Å². The lowest BCUT2D eigenvalue weighted by Gasteiger charge is -2.09. The highest BCUT2D eigenvalue weighted by Crippen LogP contribution is 2.23. The molecular formula is C14H18O3. The second kappa shape index (κ2) is 7.59. The van der Waals surface area contributed by atoms with Crippen molar-refractivity contribution in [3.8, 4) is 23.3 Å². The first-order chi connectivity index (χ1) is 8.31. The van der Waals surface area contributed by atoms with Gasteiger partial charge in [0.15, 0.2) is 0 Å². The van der Waals surface area contributed by atoms with Gasteiger partial charge in [-0.25, -0.2) is 0 Å². The molecule has 0 unspecified atom stereocenters. The Labute approximate surface area is 102 Å². The Morgan fingerprint density at radius 1 is 1.35 bits per heavy atom. The van der Waals surface area contributed by atoms with Crippen molar-refractivity contribution in [2.45, 2.75) is 19.8 Å². The van der Waals surface area contributed by atoms with Crippen LogP contribution in [0.15, 0.2) is 18.2 Å². The highest BCUT2D eigenvalue weighted by molar-refractivity contribution is 5.50. The van der Waals surface area contributed by atoms with Gasteiger partial charge in [0.1, 0.15) is 18.1 Å². The van der Waals surface area contributed by atoms with Crippen molar-refractivity contribution in [1.82, 2.24) is 0 Å². The molecule has 0 heterocycles. The summed E-state index contributed by atoms with van der Waals surface area (Å²) in [6.07, 6.45) is 2.10. The Bertz CT molecular complexity index is 402. The summed E-state index contributed by atoms with van der Waals surface area (Å²) in [7, 11) is 1.61. The molecule has 0 saturated heterocycles. The number of aliphatic hydroxyl groups is 1. The Morgan fingerprint density at radius 3 is 2.82 bits per heavy atom. The van der Waals surface area contributed by atoms with Gasteiger partial charge in [0.05, 0.1) is 19.3 Å². The summed E-state index contributed by atoms with van der Waals surface area (Å²) in [4.78, 5) is 0. The van der Waals surface area contributed by atoms with Gasteiger partial charge < -0.3 is 14.6 Å². The molecule has 1 N–H and O–H groups in total. The smallest absolute Gasteiger partial charge is 0.135 e. The molecule has 1 rings (SSSR count). The highest BCUT2D eigenvalue weighted by Gasteiger charge is 2.03. The van der Waals surface area contributed by atoms with Crippen molar-refractivity contribution in [3.63, 3.8) is 0 Å². The summed E-state index contributed by atoms with van der Waals surface area (Å²) in [5, 5.41) is 8.71. The van der Waals surface area contributed by atoms with E-state index in [2.05, 4.69) is 18.8 Å². The molecule has 0 radical (unpaired) electrons. The van der Waals surface area contributed by atoms with E-state index in [1.165, 1.54) is 0 Å². The molecule has 3 heteroatoms. The maximum absolute atomic E-state index is 8.71. The average Bonchev–Trinajstić information content (AvgIpc) is 2.37. The van der Waals surface area contributed by atoms with E-state index >= 15 is 0 Å². The zero-order valence-electron chi connectivity index (χ0n) is 10.3. The number of rotatable bonds is 5. The molecule has 0 amide bonds. The quantitative estimate of drug-likeness (QED) is 0.627. The molecule has 0 aliphatic heterocycles. The summed E-state index contributed by atoms with van der Waals surface area (Å²) in [6.45, 7) is 2.63. The van der Waals surface area contributed by atoms with E-state index in [9.17, 15) is 0 Å². The van der Waals surface area contributed by atoms with Crippen LogP contribution in [-0.2, 0) is 0 Å². The van der Waals surface area contributed by atoms with Crippen LogP contribution in [-0.4, -0.2) is 25.4 Å². The molecule has 17 heavy (non-hydrogen) atoms. The van der Waals surface area contributed by atoms with E-state index in [0.29, 0.717) is 6.61 Å². The lowest BCUT2D eigenvalue weighted by atomic mass is 10.2. The van der Waals surface area contributed by atoms with Gasteiger partial charge in [0.25, 0.3) is 0 Å². The number of benzene rings is 1. The first kappa shape index (κ1) is 13.4. The van der Waals surface area contributed by atoms with Crippen molar-refractivity contribution >= 4 is 0 Å². The van der Waals surface area contributed by atoms with Gasteiger partial charge in [-0.15, -0.1) is 0 Å². The largest absolute Gasteiger partial charge is 0.497 e. The minimum atomic E-state index is -0.161. The van der Waals surface area contributed by atoms with Crippen LogP contribution in [0.4, 0.5) is 0 Å². The fraction of sp³-hybridized carbons (Fsp3) is 0.429. The first-order valence-corrected chi connectivity index (χ1v) is 5.72. The molecular weight excluding hydrogens is 216 g/mol. The van der Waals surface area contributed by atoms with E-state index < -0.39 is 0 Å². The summed E-state index contributed by atoms with van der Waals surface area (Å²) in [5.41, 5.74) is 0.745. The van der Waals surface area contributed by atoms with Crippen LogP contribution in [0.1, 0.15) is 25.3 Å². The van der Waals surface area contributed by atoms with Crippen LogP contribution in [0.25, 0.3) is 0 Å². The van der Waals surface area contributed by atoms with Gasteiger partial charge in [-0.05, 0) is 24.6 Å². The molecule has 0 aromatic heterocycles. The summed E-state index contributed by atoms with van der Waals surface area (Å²) in [5.74, 6) is 6.94. The SMILES string of the molecule is CCCCOc1ccc(OC)cc1C#CCO. The molecule has 0 spiro atoms. The zero-order chi connectivity index (χ0) is 12.5. The lowest BCUT2D eigenvalue weighted by Crippen LogP contribution is -1.99. The Morgan fingerprint density at radius 2 is 2.18 bits per heavy atom. The second-order valence-corrected chi connectivity index (χ2v) is 3.52. The van der Waals surface area contributed by atoms with Crippen LogP contribution in [0, 0.1) is 11.8 Å². The van der Waals surface area contributed by atoms with Crippen LogP contribution < -0.4 is 9.47 Å². The highest BCUT2D eigenvalue weighted by atomic mass is 16.5. The Balaban J connectivity index is 2.86. The fourth-order valence-corrected chi connectivity index (χ4v) is 1.32. The third kappa shape index (κ3) is 4.38. The number of unbranched alkanes of at least 4 members (excludes halogenated alkanes) is 1. The predicted molar refractivity (Wildman–Crippen MR) is 67.4 cm³/mol. The number of aliphatic hydroxyl groups excluding tert-OH is 1. The van der Waals surface area contributed by atoms with E-state index in [-0.39, 0.29) is 6.61 Å². The van der Waals surface area contributed by atoms with Gasteiger partial charge >= 0.3 is 0 Å². The minimum absolute atomic E-state index is 0.161. The number of ether oxygens (including phenoxy) is 2. The number of hydrogen-bond donors (Lipinski definition) is 1. The van der Waals surface area contributed by atoms with Crippen molar-refractivity contribution in [3.05, 3.63) is 23.8 Å². The zero-order valence-corrected chi connectivity index (χ0v) is 10.3. The molecule has 0 bridgehead atoms. The van der Waals surface area contributed by atoms with Crippen molar-refractivity contribution in [2.75, 3.05) is 20.3 Å². The van der Waals surface area contributed by atoms with Gasteiger partial charge in [-0.1, -0.05) is 25.2 Å². The van der Waals surface area contributed by atoms with Gasteiger partial charge in [0.2, 0.25) is 0 Å². The average molecular weight is 234 g/mol. The fourth-order valence-electron chi connectivity index (χ4n) is 1.32. The first-order valence-electron chi connectivity index (χ1n) is 5.72. The van der Waals surface area contributed by atoms with E-state index in [4.69, 9.17) is 14.6 Å². The summed E-state index contributed by atoms with van der Waals surface area (Å²) in [6, 6.07) is 5.49. The standard InChI is InChI=1S/C14H18O3/c1-3-4-10-17-14-8-7-13(16-2)11-12(14)6-5-9-15/h7-8,11,15H,3-4,9-10H2,1-2H3. The van der Waals surface area contributed by atoms with Crippen molar-refractivity contribution in [2.24, 2.45) is 0 Å². The molecule has 0 aliphatic carbocycles. The van der Waals surface area contributed by atoms with Gasteiger partial charge in [-0.2, -0.15) is 0 Å². The monoisotopic (exact) mass is 234 g/mol. The Hall–Kier alpha value is -1.66. The maximum Gasteiger partial charge on any atom is 0.135 e. The van der Waals surface area contributed by atoms with Crippen LogP contribution in [0.2, 0.25) is 0 Å². The lowest BCUT2D eigenvalue weighted by molar-refractivity contribution is 0.308. The number of hydrogen-bond acceptors (Lipinski definition) is 3. The minimum Gasteiger partial charge on any atom is -0.497 e. The van der Waals surface area contributed by atoms with Gasteiger partial charge in [-0.3, -0.25) is 0 Å². The van der Waals surface area contributed by atoms with E-state index in [0.717, 1.165) is 29.9 Å². The Kier molecular flexibility index (Phi) is 5.98. The van der Waals surface area contributed by atoms with Crippen LogP contribution in [0.5, 0.6) is 11.5 Å². The summed E-state index contributed by atoms with van der Waals surface area (Å²) < 4.78 is 10.8.